The van der Waals surface area contributed by atoms with E-state index in [1.165, 1.54) is 0 Å². The normalized spacial score (nSPS) is 12.1. The Hall–Kier alpha value is -3.49. The second-order valence-electron chi connectivity index (χ2n) is 8.53. The predicted octanol–water partition coefficient (Wildman–Crippen LogP) is 3.65. The summed E-state index contributed by atoms with van der Waals surface area (Å²) in [6.45, 7) is 4.48. The molecule has 0 saturated heterocycles. The molecule has 7 nitrogen and oxygen atoms in total. The number of hydrogen-bond donors (Lipinski definition) is 2. The van der Waals surface area contributed by atoms with Crippen molar-refractivity contribution in [3.05, 3.63) is 102 Å². The van der Waals surface area contributed by atoms with Crippen LogP contribution in [0.1, 0.15) is 37.0 Å². The quantitative estimate of drug-likeness (QED) is 0.391. The molecule has 3 aromatic carbocycles. The van der Waals surface area contributed by atoms with Crippen molar-refractivity contribution in [2.45, 2.75) is 50.7 Å². The Labute approximate surface area is 213 Å². The Balaban J connectivity index is 1.67. The van der Waals surface area contributed by atoms with Crippen molar-refractivity contribution < 1.29 is 18.0 Å². The summed E-state index contributed by atoms with van der Waals surface area (Å²) in [4.78, 5) is 28.0. The fourth-order valence-corrected chi connectivity index (χ4v) is 4.84. The van der Waals surface area contributed by atoms with E-state index in [0.29, 0.717) is 26.1 Å². The highest BCUT2D eigenvalue weighted by Crippen LogP contribution is 2.15. The van der Waals surface area contributed by atoms with E-state index in [9.17, 15) is 18.0 Å². The summed E-state index contributed by atoms with van der Waals surface area (Å²) in [5.74, 6) is -0.369. The molecule has 0 aromatic heterocycles. The van der Waals surface area contributed by atoms with Crippen molar-refractivity contribution in [2.75, 3.05) is 6.54 Å². The average molecular weight is 508 g/mol. The highest BCUT2D eigenvalue weighted by atomic mass is 32.2. The third kappa shape index (κ3) is 7.76. The molecule has 0 fully saturated rings. The van der Waals surface area contributed by atoms with Crippen molar-refractivity contribution >= 4 is 21.8 Å². The molecule has 36 heavy (non-hydrogen) atoms. The van der Waals surface area contributed by atoms with Crippen molar-refractivity contribution in [1.82, 2.24) is 14.9 Å². The number of aryl methyl sites for hydroxylation is 1. The number of benzene rings is 3. The van der Waals surface area contributed by atoms with E-state index in [2.05, 4.69) is 10.0 Å². The van der Waals surface area contributed by atoms with Gasteiger partial charge in [0.1, 0.15) is 6.04 Å². The summed E-state index contributed by atoms with van der Waals surface area (Å²) in [6, 6.07) is 25.1. The largest absolute Gasteiger partial charge is 0.350 e. The topological polar surface area (TPSA) is 95.6 Å². The van der Waals surface area contributed by atoms with E-state index in [1.54, 1.807) is 43.0 Å². The van der Waals surface area contributed by atoms with Gasteiger partial charge in [-0.15, -0.1) is 0 Å². The molecule has 0 aliphatic carbocycles. The van der Waals surface area contributed by atoms with Crippen LogP contribution in [0.3, 0.4) is 0 Å². The molecule has 0 aliphatic rings. The third-order valence-electron chi connectivity index (χ3n) is 5.87. The molecule has 0 heterocycles. The Morgan fingerprint density at radius 2 is 1.42 bits per heavy atom. The standard InChI is InChI=1S/C28H33N3O4S/c1-3-30-36(34,35)26-17-14-23(15-18-26)16-19-27(32)31(21-25-12-8-5-9-13-25)22(2)28(33)29-20-24-10-6-4-7-11-24/h4-15,17-18,22,30H,3,16,19-21H2,1-2H3,(H,29,33)/t22-/m1/s1. The van der Waals surface area contributed by atoms with Crippen LogP contribution < -0.4 is 10.0 Å². The van der Waals surface area contributed by atoms with Gasteiger partial charge in [0.25, 0.3) is 0 Å². The van der Waals surface area contributed by atoms with Crippen LogP contribution in [-0.2, 0) is 39.1 Å². The van der Waals surface area contributed by atoms with Gasteiger partial charge in [-0.05, 0) is 42.2 Å². The molecule has 3 aromatic rings. The first-order chi connectivity index (χ1) is 17.3. The number of sulfonamides is 1. The smallest absolute Gasteiger partial charge is 0.242 e. The summed E-state index contributed by atoms with van der Waals surface area (Å²) < 4.78 is 26.8. The first-order valence-electron chi connectivity index (χ1n) is 12.0. The highest BCUT2D eigenvalue weighted by molar-refractivity contribution is 7.89. The molecule has 190 valence electrons. The van der Waals surface area contributed by atoms with Crippen LogP contribution in [0.15, 0.2) is 89.8 Å². The minimum atomic E-state index is -3.52. The SMILES string of the molecule is CCNS(=O)(=O)c1ccc(CCC(=O)N(Cc2ccccc2)[C@H](C)C(=O)NCc2ccccc2)cc1. The summed E-state index contributed by atoms with van der Waals surface area (Å²) in [5, 5.41) is 2.93. The predicted molar refractivity (Wildman–Crippen MR) is 140 cm³/mol. The van der Waals surface area contributed by atoms with Crippen molar-refractivity contribution in [3.8, 4) is 0 Å². The first-order valence-corrected chi connectivity index (χ1v) is 13.5. The van der Waals surface area contributed by atoms with Gasteiger partial charge in [-0.2, -0.15) is 0 Å². The zero-order valence-corrected chi connectivity index (χ0v) is 21.5. The van der Waals surface area contributed by atoms with Gasteiger partial charge in [-0.1, -0.05) is 79.7 Å². The van der Waals surface area contributed by atoms with Crippen molar-refractivity contribution in [3.63, 3.8) is 0 Å². The van der Waals surface area contributed by atoms with Gasteiger partial charge < -0.3 is 10.2 Å². The maximum Gasteiger partial charge on any atom is 0.242 e. The van der Waals surface area contributed by atoms with Gasteiger partial charge in [0.2, 0.25) is 21.8 Å². The molecule has 0 radical (unpaired) electrons. The molecule has 0 unspecified atom stereocenters. The van der Waals surface area contributed by atoms with Gasteiger partial charge >= 0.3 is 0 Å². The van der Waals surface area contributed by atoms with Gasteiger partial charge in [0, 0.05) is 26.1 Å². The van der Waals surface area contributed by atoms with E-state index in [0.717, 1.165) is 16.7 Å². The number of rotatable bonds is 12. The maximum absolute atomic E-state index is 13.3. The molecule has 3 rings (SSSR count). The monoisotopic (exact) mass is 507 g/mol. The van der Waals surface area contributed by atoms with Crippen LogP contribution in [0.5, 0.6) is 0 Å². The van der Waals surface area contributed by atoms with Gasteiger partial charge in [0.05, 0.1) is 4.90 Å². The lowest BCUT2D eigenvalue weighted by molar-refractivity contribution is -0.140. The lowest BCUT2D eigenvalue weighted by Crippen LogP contribution is -2.47. The summed E-state index contributed by atoms with van der Waals surface area (Å²) in [5.41, 5.74) is 2.77. The first kappa shape index (κ1) is 27.1. The van der Waals surface area contributed by atoms with E-state index >= 15 is 0 Å². The average Bonchev–Trinajstić information content (AvgIpc) is 2.90. The second-order valence-corrected chi connectivity index (χ2v) is 10.3. The molecular weight excluding hydrogens is 474 g/mol. The van der Waals surface area contributed by atoms with Crippen LogP contribution in [0.4, 0.5) is 0 Å². The minimum absolute atomic E-state index is 0.148. The molecule has 0 spiro atoms. The van der Waals surface area contributed by atoms with Gasteiger partial charge in [0.15, 0.2) is 0 Å². The Morgan fingerprint density at radius 3 is 2.00 bits per heavy atom. The lowest BCUT2D eigenvalue weighted by atomic mass is 10.1. The molecule has 8 heteroatoms. The molecule has 1 atom stereocenters. The van der Waals surface area contributed by atoms with E-state index < -0.39 is 16.1 Å². The summed E-state index contributed by atoms with van der Waals surface area (Å²) in [7, 11) is -3.52. The zero-order valence-electron chi connectivity index (χ0n) is 20.7. The van der Waals surface area contributed by atoms with Crippen molar-refractivity contribution in [1.29, 1.82) is 0 Å². The maximum atomic E-state index is 13.3. The van der Waals surface area contributed by atoms with Crippen molar-refractivity contribution in [2.24, 2.45) is 0 Å². The molecular formula is C28H33N3O4S. The Kier molecular flexibility index (Phi) is 9.78. The lowest BCUT2D eigenvalue weighted by Gasteiger charge is -2.29. The van der Waals surface area contributed by atoms with Crippen LogP contribution in [-0.4, -0.2) is 37.7 Å². The molecule has 0 aliphatic heterocycles. The van der Waals surface area contributed by atoms with Gasteiger partial charge in [-0.3, -0.25) is 9.59 Å². The Bertz CT molecular complexity index is 1230. The zero-order chi connectivity index (χ0) is 26.0. The van der Waals surface area contributed by atoms with Crippen LogP contribution in [0, 0.1) is 0 Å². The van der Waals surface area contributed by atoms with Crippen LogP contribution >= 0.6 is 0 Å². The molecule has 0 bridgehead atoms. The fourth-order valence-electron chi connectivity index (χ4n) is 3.80. The summed E-state index contributed by atoms with van der Waals surface area (Å²) >= 11 is 0. The number of nitrogens with zero attached hydrogens (tertiary/aromatic N) is 1. The van der Waals surface area contributed by atoms with E-state index in [-0.39, 0.29) is 23.1 Å². The van der Waals surface area contributed by atoms with Gasteiger partial charge in [-0.25, -0.2) is 13.1 Å². The molecule has 2 amide bonds. The van der Waals surface area contributed by atoms with E-state index in [1.807, 2.05) is 60.7 Å². The number of hydrogen-bond acceptors (Lipinski definition) is 4. The third-order valence-corrected chi connectivity index (χ3v) is 7.43. The molecule has 2 N–H and O–H groups in total. The number of amides is 2. The van der Waals surface area contributed by atoms with E-state index in [4.69, 9.17) is 0 Å². The number of carbonyl (C=O) groups is 2. The molecule has 0 saturated carbocycles. The van der Waals surface area contributed by atoms with Crippen LogP contribution in [0.25, 0.3) is 0 Å². The highest BCUT2D eigenvalue weighted by Gasteiger charge is 2.26. The summed E-state index contributed by atoms with van der Waals surface area (Å²) in [6.07, 6.45) is 0.631. The fraction of sp³-hybridized carbons (Fsp3) is 0.286. The second kappa shape index (κ2) is 13.0. The number of nitrogens with one attached hydrogen (secondary N) is 2. The number of carbonyl (C=O) groups excluding carboxylic acids is 2. The Morgan fingerprint density at radius 1 is 0.833 bits per heavy atom. The minimum Gasteiger partial charge on any atom is -0.350 e. The van der Waals surface area contributed by atoms with Crippen LogP contribution in [0.2, 0.25) is 0 Å².